The molecular formula is C18H22O4. The molecule has 22 heavy (non-hydrogen) atoms. The van der Waals surface area contributed by atoms with E-state index in [-0.39, 0.29) is 23.4 Å². The zero-order valence-electron chi connectivity index (χ0n) is 12.7. The van der Waals surface area contributed by atoms with Crippen molar-refractivity contribution in [1.82, 2.24) is 0 Å². The van der Waals surface area contributed by atoms with Gasteiger partial charge in [0, 0.05) is 11.3 Å². The third kappa shape index (κ3) is 1.62. The van der Waals surface area contributed by atoms with Gasteiger partial charge in [0.05, 0.1) is 0 Å². The Morgan fingerprint density at radius 1 is 1.09 bits per heavy atom. The molecule has 0 amide bonds. The van der Waals surface area contributed by atoms with Gasteiger partial charge in [0.2, 0.25) is 0 Å². The van der Waals surface area contributed by atoms with E-state index in [1.165, 1.54) is 11.1 Å². The van der Waals surface area contributed by atoms with Gasteiger partial charge in [0.25, 0.3) is 0 Å². The number of phenols is 1. The summed E-state index contributed by atoms with van der Waals surface area (Å²) in [6, 6.07) is 5.57. The van der Waals surface area contributed by atoms with Crippen LogP contribution >= 0.6 is 0 Å². The second kappa shape index (κ2) is 4.42. The lowest BCUT2D eigenvalue weighted by Gasteiger charge is -2.49. The normalized spacial score (nSPS) is 40.1. The molecular weight excluding hydrogens is 280 g/mol. The molecule has 1 aromatic carbocycles. The van der Waals surface area contributed by atoms with Crippen molar-refractivity contribution < 1.29 is 20.4 Å². The summed E-state index contributed by atoms with van der Waals surface area (Å²) in [5.74, 6) is 0.437. The second-order valence-electron chi connectivity index (χ2n) is 7.39. The Labute approximate surface area is 129 Å². The summed E-state index contributed by atoms with van der Waals surface area (Å²) in [4.78, 5) is 0. The van der Waals surface area contributed by atoms with E-state index in [2.05, 4.69) is 0 Å². The fourth-order valence-electron chi connectivity index (χ4n) is 5.24. The minimum absolute atomic E-state index is 0.00747. The van der Waals surface area contributed by atoms with E-state index in [1.54, 1.807) is 6.07 Å². The van der Waals surface area contributed by atoms with E-state index in [1.807, 2.05) is 19.1 Å². The molecule has 118 valence electrons. The third-order valence-corrected chi connectivity index (χ3v) is 6.36. The van der Waals surface area contributed by atoms with Gasteiger partial charge >= 0.3 is 0 Å². The van der Waals surface area contributed by atoms with Gasteiger partial charge in [0.1, 0.15) is 17.6 Å². The van der Waals surface area contributed by atoms with Crippen LogP contribution in [0.3, 0.4) is 0 Å². The van der Waals surface area contributed by atoms with E-state index in [0.717, 1.165) is 25.7 Å². The predicted octanol–water partition coefficient (Wildman–Crippen LogP) is 3.16. The first-order chi connectivity index (χ1) is 10.4. The Morgan fingerprint density at radius 3 is 2.64 bits per heavy atom. The lowest BCUT2D eigenvalue weighted by molar-refractivity contribution is -0.0334. The number of aryl methyl sites for hydroxylation is 1. The molecule has 0 radical (unpaired) electrons. The van der Waals surface area contributed by atoms with Crippen LogP contribution in [0.2, 0.25) is 0 Å². The molecule has 0 spiro atoms. The van der Waals surface area contributed by atoms with Gasteiger partial charge < -0.3 is 20.4 Å². The standard InChI is InChI=1S/C18H22O4/c1-18-7-6-12-11-5-3-10(19)8-9(11)2-4-13(12)14(18)15(20)16(21)17(18)22/h3,5,8,12-14,17,19-22H,2,4,6-7H2,1H3/t12-,13-,14-,17+,18+/m1/s1. The molecule has 1 fully saturated rings. The zero-order valence-corrected chi connectivity index (χ0v) is 12.7. The number of fused-ring (bicyclic) bond motifs is 5. The molecule has 3 aliphatic rings. The summed E-state index contributed by atoms with van der Waals surface area (Å²) < 4.78 is 0. The first-order valence-electron chi connectivity index (χ1n) is 8.05. The van der Waals surface area contributed by atoms with E-state index in [9.17, 15) is 20.4 Å². The predicted molar refractivity (Wildman–Crippen MR) is 81.8 cm³/mol. The number of hydrogen-bond acceptors (Lipinski definition) is 4. The van der Waals surface area contributed by atoms with Gasteiger partial charge in [0.15, 0.2) is 5.76 Å². The third-order valence-electron chi connectivity index (χ3n) is 6.36. The van der Waals surface area contributed by atoms with Crippen molar-refractivity contribution in [2.75, 3.05) is 0 Å². The molecule has 0 unspecified atom stereocenters. The van der Waals surface area contributed by atoms with Crippen molar-refractivity contribution in [3.8, 4) is 5.75 Å². The highest BCUT2D eigenvalue weighted by Gasteiger charge is 2.59. The number of aliphatic hydroxyl groups excluding tert-OH is 3. The van der Waals surface area contributed by atoms with Gasteiger partial charge in [-0.15, -0.1) is 0 Å². The molecule has 1 aromatic rings. The van der Waals surface area contributed by atoms with Gasteiger partial charge in [-0.1, -0.05) is 13.0 Å². The molecule has 0 saturated heterocycles. The van der Waals surface area contributed by atoms with Crippen LogP contribution in [0.1, 0.15) is 43.2 Å². The summed E-state index contributed by atoms with van der Waals surface area (Å²) in [7, 11) is 0. The first-order valence-corrected chi connectivity index (χ1v) is 8.05. The Bertz CT molecular complexity index is 665. The number of aliphatic hydroxyl groups is 3. The molecule has 0 aliphatic heterocycles. The van der Waals surface area contributed by atoms with E-state index < -0.39 is 11.5 Å². The number of benzene rings is 1. The molecule has 3 aliphatic carbocycles. The van der Waals surface area contributed by atoms with Gasteiger partial charge in [-0.05, 0) is 60.8 Å². The summed E-state index contributed by atoms with van der Waals surface area (Å²) in [6.07, 6.45) is 2.52. The van der Waals surface area contributed by atoms with Crippen molar-refractivity contribution in [1.29, 1.82) is 0 Å². The van der Waals surface area contributed by atoms with Crippen LogP contribution in [0, 0.1) is 17.3 Å². The molecule has 4 N–H and O–H groups in total. The maximum Gasteiger partial charge on any atom is 0.159 e. The second-order valence-corrected chi connectivity index (χ2v) is 7.39. The van der Waals surface area contributed by atoms with Crippen LogP contribution in [0.15, 0.2) is 29.7 Å². The Kier molecular flexibility index (Phi) is 2.80. The Balaban J connectivity index is 1.77. The van der Waals surface area contributed by atoms with Crippen LogP contribution < -0.4 is 0 Å². The van der Waals surface area contributed by atoms with E-state index >= 15 is 0 Å². The molecule has 4 rings (SSSR count). The van der Waals surface area contributed by atoms with Crippen molar-refractivity contribution >= 4 is 0 Å². The van der Waals surface area contributed by atoms with Crippen molar-refractivity contribution in [3.05, 3.63) is 40.8 Å². The summed E-state index contributed by atoms with van der Waals surface area (Å²) >= 11 is 0. The van der Waals surface area contributed by atoms with Gasteiger partial charge in [-0.3, -0.25) is 0 Å². The monoisotopic (exact) mass is 302 g/mol. The average Bonchev–Trinajstić information content (AvgIpc) is 2.68. The molecule has 0 bridgehead atoms. The lowest BCUT2D eigenvalue weighted by atomic mass is 9.55. The number of phenolic OH excluding ortho intramolecular Hbond substituents is 1. The van der Waals surface area contributed by atoms with Crippen LogP contribution in [0.4, 0.5) is 0 Å². The minimum atomic E-state index is -0.959. The first kappa shape index (κ1) is 13.9. The van der Waals surface area contributed by atoms with Crippen LogP contribution in [0.25, 0.3) is 0 Å². The van der Waals surface area contributed by atoms with Crippen molar-refractivity contribution in [2.45, 2.75) is 44.6 Å². The maximum absolute atomic E-state index is 10.4. The molecule has 0 aromatic heterocycles. The smallest absolute Gasteiger partial charge is 0.159 e. The SMILES string of the molecule is C[C@]12CC[C@@H]3c4ccc(O)cc4CC[C@H]3[C@@H]1C(O)=C(O)[C@@H]2O. The van der Waals surface area contributed by atoms with E-state index in [4.69, 9.17) is 0 Å². The number of rotatable bonds is 0. The fourth-order valence-corrected chi connectivity index (χ4v) is 5.24. The largest absolute Gasteiger partial charge is 0.508 e. The highest BCUT2D eigenvalue weighted by atomic mass is 16.3. The number of allylic oxidation sites excluding steroid dienone is 1. The summed E-state index contributed by atoms with van der Waals surface area (Å²) in [6.45, 7) is 1.98. The van der Waals surface area contributed by atoms with Crippen molar-refractivity contribution in [2.24, 2.45) is 17.3 Å². The Hall–Kier alpha value is -1.68. The van der Waals surface area contributed by atoms with Crippen LogP contribution in [0.5, 0.6) is 5.75 Å². The van der Waals surface area contributed by atoms with Gasteiger partial charge in [-0.2, -0.15) is 0 Å². The lowest BCUT2D eigenvalue weighted by Crippen LogP contribution is -2.45. The topological polar surface area (TPSA) is 80.9 Å². The van der Waals surface area contributed by atoms with Gasteiger partial charge in [-0.25, -0.2) is 0 Å². The molecule has 5 atom stereocenters. The zero-order chi connectivity index (χ0) is 15.6. The maximum atomic E-state index is 10.4. The Morgan fingerprint density at radius 2 is 1.86 bits per heavy atom. The van der Waals surface area contributed by atoms with E-state index in [0.29, 0.717) is 11.7 Å². The molecule has 1 saturated carbocycles. The highest BCUT2D eigenvalue weighted by Crippen LogP contribution is 2.61. The minimum Gasteiger partial charge on any atom is -0.508 e. The van der Waals surface area contributed by atoms with Crippen molar-refractivity contribution in [3.63, 3.8) is 0 Å². The number of hydrogen-bond donors (Lipinski definition) is 4. The number of aromatic hydroxyl groups is 1. The summed E-state index contributed by atoms with van der Waals surface area (Å²) in [5, 5.41) is 40.4. The fraction of sp³-hybridized carbons (Fsp3) is 0.556. The highest BCUT2D eigenvalue weighted by molar-refractivity contribution is 5.41. The average molecular weight is 302 g/mol. The molecule has 4 heteroatoms. The molecule has 4 nitrogen and oxygen atoms in total. The summed E-state index contributed by atoms with van der Waals surface area (Å²) in [5.41, 5.74) is 1.98. The molecule has 0 heterocycles. The van der Waals surface area contributed by atoms with Crippen LogP contribution in [-0.4, -0.2) is 26.5 Å². The van der Waals surface area contributed by atoms with Crippen LogP contribution in [-0.2, 0) is 6.42 Å². The quantitative estimate of drug-likeness (QED) is 0.593.